The minimum Gasteiger partial charge on any atom is -0.487 e. The van der Waals surface area contributed by atoms with Crippen molar-refractivity contribution in [2.24, 2.45) is 16.0 Å². The second-order valence-corrected chi connectivity index (χ2v) is 8.81. The van der Waals surface area contributed by atoms with E-state index in [0.717, 1.165) is 49.5 Å². The van der Waals surface area contributed by atoms with E-state index in [-0.39, 0.29) is 24.1 Å². The zero-order valence-corrected chi connectivity index (χ0v) is 18.8. The first-order valence-corrected chi connectivity index (χ1v) is 11.4. The lowest BCUT2D eigenvalue weighted by atomic mass is 9.94. The molecule has 0 aromatic carbocycles. The van der Waals surface area contributed by atoms with Crippen LogP contribution in [0.1, 0.15) is 24.6 Å². The zero-order chi connectivity index (χ0) is 22.6. The van der Waals surface area contributed by atoms with Crippen molar-refractivity contribution in [2.45, 2.75) is 31.5 Å². The summed E-state index contributed by atoms with van der Waals surface area (Å²) in [5, 5.41) is 10.6. The Kier molecular flexibility index (Phi) is 6.50. The quantitative estimate of drug-likeness (QED) is 0.600. The number of hydrogen-bond donors (Lipinski definition) is 0. The van der Waals surface area contributed by atoms with E-state index in [9.17, 15) is 4.79 Å². The van der Waals surface area contributed by atoms with Gasteiger partial charge in [-0.1, -0.05) is 0 Å². The number of allylic oxidation sites excluding steroid dienone is 1. The maximum atomic E-state index is 12.3. The number of hydrazone groups is 1. The molecule has 0 spiro atoms. The molecule has 0 saturated carbocycles. The van der Waals surface area contributed by atoms with E-state index in [4.69, 9.17) is 14.2 Å². The van der Waals surface area contributed by atoms with Crippen LogP contribution in [0.2, 0.25) is 0 Å². The molecule has 1 aromatic rings. The highest BCUT2D eigenvalue weighted by molar-refractivity contribution is 5.82. The second-order valence-electron chi connectivity index (χ2n) is 8.81. The highest BCUT2D eigenvalue weighted by atomic mass is 16.5. The van der Waals surface area contributed by atoms with Crippen LogP contribution in [0.25, 0.3) is 0 Å². The second kappa shape index (κ2) is 9.84. The molecule has 0 radical (unpaired) electrons. The van der Waals surface area contributed by atoms with Gasteiger partial charge in [0.1, 0.15) is 24.1 Å². The minimum atomic E-state index is -0.134. The summed E-state index contributed by atoms with van der Waals surface area (Å²) in [6.45, 7) is 3.72. The fourth-order valence-electron chi connectivity index (χ4n) is 4.25. The number of hydrogen-bond acceptors (Lipinski definition) is 8. The molecule has 3 unspecified atom stereocenters. The van der Waals surface area contributed by atoms with Gasteiger partial charge in [0.05, 0.1) is 38.6 Å². The third kappa shape index (κ3) is 5.31. The van der Waals surface area contributed by atoms with Gasteiger partial charge in [-0.15, -0.1) is 0 Å². The Morgan fingerprint density at radius 2 is 2.21 bits per heavy atom. The Hall–Kier alpha value is -3.04. The van der Waals surface area contributed by atoms with E-state index in [1.54, 1.807) is 10.9 Å². The molecule has 1 aliphatic carbocycles. The summed E-state index contributed by atoms with van der Waals surface area (Å²) in [5.41, 5.74) is 2.39. The molecule has 0 amide bonds. The smallest absolute Gasteiger partial charge is 0.206 e. The molecular formula is C24H29N5O4. The van der Waals surface area contributed by atoms with E-state index in [1.165, 1.54) is 6.07 Å². The van der Waals surface area contributed by atoms with Gasteiger partial charge in [0.2, 0.25) is 5.43 Å². The molecule has 4 heterocycles. The van der Waals surface area contributed by atoms with Crippen molar-refractivity contribution in [3.63, 3.8) is 0 Å². The number of likely N-dealkylation sites (N-methyl/N-ethyl adjacent to an activating group) is 1. The first-order chi connectivity index (χ1) is 16.1. The van der Waals surface area contributed by atoms with Gasteiger partial charge in [-0.3, -0.25) is 19.5 Å². The predicted octanol–water partition coefficient (Wildman–Crippen LogP) is 1.88. The summed E-state index contributed by atoms with van der Waals surface area (Å²) < 4.78 is 19.0. The van der Waals surface area contributed by atoms with Gasteiger partial charge in [0, 0.05) is 38.1 Å². The molecule has 4 aliphatic rings. The fraction of sp³-hybridized carbons (Fsp3) is 0.500. The molecule has 0 N–H and O–H groups in total. The Balaban J connectivity index is 1.19. The average molecular weight is 452 g/mol. The first kappa shape index (κ1) is 21.8. The summed E-state index contributed by atoms with van der Waals surface area (Å²) in [5.74, 6) is 1.23. The van der Waals surface area contributed by atoms with E-state index in [2.05, 4.69) is 21.3 Å². The fourth-order valence-corrected chi connectivity index (χ4v) is 4.25. The van der Waals surface area contributed by atoms with Crippen LogP contribution in [0.3, 0.4) is 0 Å². The van der Waals surface area contributed by atoms with Gasteiger partial charge in [-0.05, 0) is 42.2 Å². The van der Waals surface area contributed by atoms with Crippen LogP contribution in [-0.2, 0) is 20.8 Å². The monoisotopic (exact) mass is 451 g/mol. The van der Waals surface area contributed by atoms with Crippen LogP contribution < -0.4 is 5.43 Å². The van der Waals surface area contributed by atoms with Crippen LogP contribution in [-0.4, -0.2) is 73.3 Å². The van der Waals surface area contributed by atoms with Gasteiger partial charge >= 0.3 is 0 Å². The summed E-state index contributed by atoms with van der Waals surface area (Å²) in [6, 6.07) is 1.65. The molecule has 174 valence electrons. The van der Waals surface area contributed by atoms with Gasteiger partial charge in [-0.2, -0.15) is 10.2 Å². The summed E-state index contributed by atoms with van der Waals surface area (Å²) in [6.07, 6.45) is 13.4. The SMILES string of the molecule is CN1CC(n2ccc(=O)c(COC3=CCC4N=CC(COCC5CCOC5)=CC4=C3)n2)C=N1. The van der Waals surface area contributed by atoms with Crippen molar-refractivity contribution in [3.8, 4) is 0 Å². The van der Waals surface area contributed by atoms with Gasteiger partial charge in [0.25, 0.3) is 0 Å². The normalized spacial score (nSPS) is 26.2. The van der Waals surface area contributed by atoms with E-state index in [0.29, 0.717) is 24.8 Å². The number of fused-ring (bicyclic) bond motifs is 1. The number of aromatic nitrogens is 2. The largest absolute Gasteiger partial charge is 0.487 e. The Bertz CT molecular complexity index is 1080. The van der Waals surface area contributed by atoms with E-state index < -0.39 is 0 Å². The lowest BCUT2D eigenvalue weighted by molar-refractivity contribution is 0.106. The average Bonchev–Trinajstić information content (AvgIpc) is 3.50. The number of ether oxygens (including phenoxy) is 3. The molecule has 9 heteroatoms. The van der Waals surface area contributed by atoms with E-state index in [1.807, 2.05) is 36.6 Å². The van der Waals surface area contributed by atoms with Crippen molar-refractivity contribution >= 4 is 12.4 Å². The molecular weight excluding hydrogens is 422 g/mol. The first-order valence-electron chi connectivity index (χ1n) is 11.4. The standard InChI is InChI=1S/C24H29N5O4/c1-28-12-20(11-26-28)29-6-4-24(30)23(27-29)16-33-21-2-3-22-19(9-21)8-18(10-25-22)15-32-14-17-5-7-31-13-17/h2,4,6,8-11,17,20,22H,3,5,7,12-16H2,1H3. The van der Waals surface area contributed by atoms with Crippen LogP contribution in [0.15, 0.2) is 62.3 Å². The third-order valence-corrected chi connectivity index (χ3v) is 6.16. The maximum absolute atomic E-state index is 12.3. The molecule has 9 nitrogen and oxygen atoms in total. The van der Waals surface area contributed by atoms with Crippen molar-refractivity contribution in [2.75, 3.05) is 40.0 Å². The van der Waals surface area contributed by atoms with Crippen LogP contribution in [0, 0.1) is 5.92 Å². The molecule has 1 aromatic heterocycles. The number of aliphatic imine (C=N–C) groups is 1. The van der Waals surface area contributed by atoms with Crippen molar-refractivity contribution in [3.05, 3.63) is 63.3 Å². The topological polar surface area (TPSA) is 90.5 Å². The Labute approximate surface area is 192 Å². The number of nitrogens with zero attached hydrogens (tertiary/aromatic N) is 5. The molecule has 5 rings (SSSR count). The molecule has 1 saturated heterocycles. The molecule has 1 fully saturated rings. The van der Waals surface area contributed by atoms with Crippen molar-refractivity contribution in [1.82, 2.24) is 14.8 Å². The lowest BCUT2D eigenvalue weighted by Gasteiger charge is -2.23. The van der Waals surface area contributed by atoms with Crippen LogP contribution in [0.5, 0.6) is 0 Å². The van der Waals surface area contributed by atoms with Crippen LogP contribution in [0.4, 0.5) is 0 Å². The Morgan fingerprint density at radius 1 is 1.27 bits per heavy atom. The van der Waals surface area contributed by atoms with E-state index >= 15 is 0 Å². The molecule has 3 aliphatic heterocycles. The lowest BCUT2D eigenvalue weighted by Crippen LogP contribution is -2.24. The number of rotatable bonds is 8. The summed E-state index contributed by atoms with van der Waals surface area (Å²) in [4.78, 5) is 17.0. The maximum Gasteiger partial charge on any atom is 0.206 e. The molecule has 3 atom stereocenters. The summed E-state index contributed by atoms with van der Waals surface area (Å²) >= 11 is 0. The van der Waals surface area contributed by atoms with Crippen molar-refractivity contribution < 1.29 is 14.2 Å². The van der Waals surface area contributed by atoms with Gasteiger partial charge in [0.15, 0.2) is 0 Å². The van der Waals surface area contributed by atoms with Gasteiger partial charge in [-0.25, -0.2) is 0 Å². The number of dihydropyridines is 1. The zero-order valence-electron chi connectivity index (χ0n) is 18.8. The summed E-state index contributed by atoms with van der Waals surface area (Å²) in [7, 11) is 1.91. The minimum absolute atomic E-state index is 0.0122. The molecule has 33 heavy (non-hydrogen) atoms. The van der Waals surface area contributed by atoms with Crippen LogP contribution >= 0.6 is 0 Å². The molecule has 0 bridgehead atoms. The highest BCUT2D eigenvalue weighted by Crippen LogP contribution is 2.26. The Morgan fingerprint density at radius 3 is 3.03 bits per heavy atom. The van der Waals surface area contributed by atoms with Crippen molar-refractivity contribution in [1.29, 1.82) is 0 Å². The third-order valence-electron chi connectivity index (χ3n) is 6.16. The predicted molar refractivity (Wildman–Crippen MR) is 124 cm³/mol. The van der Waals surface area contributed by atoms with Gasteiger partial charge < -0.3 is 14.2 Å². The highest BCUT2D eigenvalue weighted by Gasteiger charge is 2.21.